The van der Waals surface area contributed by atoms with Crippen molar-refractivity contribution >= 4 is 34.7 Å². The van der Waals surface area contributed by atoms with Crippen LogP contribution in [-0.4, -0.2) is 28.4 Å². The molecule has 0 aliphatic carbocycles. The van der Waals surface area contributed by atoms with Gasteiger partial charge >= 0.3 is 0 Å². The number of nitrogens with two attached hydrogens (primary N) is 1. The van der Waals surface area contributed by atoms with Gasteiger partial charge in [-0.2, -0.15) is 5.10 Å². The van der Waals surface area contributed by atoms with Crippen LogP contribution >= 0.6 is 11.6 Å². The first kappa shape index (κ1) is 20.0. The number of hydrogen-bond acceptors (Lipinski definition) is 4. The zero-order chi connectivity index (χ0) is 22.2. The molecule has 7 heteroatoms. The highest BCUT2D eigenvalue weighted by Crippen LogP contribution is 2.34. The Morgan fingerprint density at radius 2 is 1.62 bits per heavy atom. The van der Waals surface area contributed by atoms with Gasteiger partial charge in [-0.1, -0.05) is 60.1 Å². The number of aliphatic imine (C=N–C) groups is 1. The van der Waals surface area contributed by atoms with E-state index in [4.69, 9.17) is 22.3 Å². The second-order valence-corrected chi connectivity index (χ2v) is 7.98. The van der Waals surface area contributed by atoms with Crippen LogP contribution in [0.4, 0.5) is 11.5 Å². The number of para-hydroxylation sites is 1. The molecule has 0 fully saturated rings. The first-order valence-electron chi connectivity index (χ1n) is 10.1. The number of halogens is 1. The van der Waals surface area contributed by atoms with Crippen LogP contribution in [-0.2, 0) is 4.79 Å². The van der Waals surface area contributed by atoms with E-state index in [-0.39, 0.29) is 5.91 Å². The first-order valence-corrected chi connectivity index (χ1v) is 10.5. The quantitative estimate of drug-likeness (QED) is 0.502. The third kappa shape index (κ3) is 3.44. The molecule has 0 bridgehead atoms. The molecule has 1 atom stereocenters. The van der Waals surface area contributed by atoms with Gasteiger partial charge in [-0.25, -0.2) is 4.68 Å². The number of aromatic nitrogens is 2. The third-order valence-corrected chi connectivity index (χ3v) is 5.72. The molecule has 0 radical (unpaired) electrons. The summed E-state index contributed by atoms with van der Waals surface area (Å²) >= 11 is 6.32. The van der Waals surface area contributed by atoms with E-state index >= 15 is 0 Å². The fourth-order valence-corrected chi connectivity index (χ4v) is 4.06. The molecule has 0 saturated heterocycles. The van der Waals surface area contributed by atoms with Gasteiger partial charge in [-0.15, -0.1) is 0 Å². The lowest BCUT2D eigenvalue weighted by atomic mass is 10.0. The van der Waals surface area contributed by atoms with E-state index < -0.39 is 6.04 Å². The average Bonchev–Trinajstić information content (AvgIpc) is 3.16. The Morgan fingerprint density at radius 3 is 2.34 bits per heavy atom. The second-order valence-electron chi connectivity index (χ2n) is 7.55. The molecule has 6 nitrogen and oxygen atoms in total. The standard InChI is InChI=1S/C25H20ClN5O/c1-30-21-13-12-17(26)14-19(21)23(16-8-4-2-5-9-16)28-24(25(30)32)20-15-22(27)31(29-20)18-10-6-3-7-11-18/h2-15,24H,27H2,1H3. The molecule has 0 saturated carbocycles. The van der Waals surface area contributed by atoms with Crippen molar-refractivity contribution < 1.29 is 4.79 Å². The minimum Gasteiger partial charge on any atom is -0.384 e. The molecule has 1 aromatic heterocycles. The smallest absolute Gasteiger partial charge is 0.257 e. The summed E-state index contributed by atoms with van der Waals surface area (Å²) in [5.41, 5.74) is 10.6. The van der Waals surface area contributed by atoms with Crippen LogP contribution in [0.15, 0.2) is 89.9 Å². The molecule has 1 amide bonds. The van der Waals surface area contributed by atoms with Crippen LogP contribution in [0.25, 0.3) is 5.69 Å². The maximum absolute atomic E-state index is 13.5. The van der Waals surface area contributed by atoms with Crippen molar-refractivity contribution in [3.8, 4) is 5.69 Å². The van der Waals surface area contributed by atoms with Gasteiger partial charge in [0.05, 0.1) is 22.8 Å². The van der Waals surface area contributed by atoms with Gasteiger partial charge in [-0.3, -0.25) is 9.79 Å². The van der Waals surface area contributed by atoms with Gasteiger partial charge in [0.1, 0.15) is 5.82 Å². The molecule has 2 heterocycles. The van der Waals surface area contributed by atoms with Crippen LogP contribution in [0.2, 0.25) is 5.02 Å². The minimum atomic E-state index is -0.853. The molecular formula is C25H20ClN5O. The molecule has 0 spiro atoms. The maximum atomic E-state index is 13.5. The Morgan fingerprint density at radius 1 is 0.938 bits per heavy atom. The summed E-state index contributed by atoms with van der Waals surface area (Å²) < 4.78 is 1.62. The van der Waals surface area contributed by atoms with E-state index in [1.807, 2.05) is 72.8 Å². The van der Waals surface area contributed by atoms with Gasteiger partial charge in [-0.05, 0) is 30.3 Å². The van der Waals surface area contributed by atoms with Crippen LogP contribution in [0.5, 0.6) is 0 Å². The van der Waals surface area contributed by atoms with Crippen molar-refractivity contribution in [3.05, 3.63) is 107 Å². The van der Waals surface area contributed by atoms with E-state index in [0.29, 0.717) is 22.2 Å². The highest BCUT2D eigenvalue weighted by Gasteiger charge is 2.33. The number of nitrogens with zero attached hydrogens (tertiary/aromatic N) is 4. The Kier molecular flexibility index (Phi) is 4.99. The molecule has 1 aliphatic heterocycles. The van der Waals surface area contributed by atoms with Gasteiger partial charge in [0.15, 0.2) is 6.04 Å². The largest absolute Gasteiger partial charge is 0.384 e. The number of fused-ring (bicyclic) bond motifs is 1. The summed E-state index contributed by atoms with van der Waals surface area (Å²) in [6.45, 7) is 0. The molecular weight excluding hydrogens is 422 g/mol. The van der Waals surface area contributed by atoms with Crippen LogP contribution < -0.4 is 10.6 Å². The predicted molar refractivity (Wildman–Crippen MR) is 128 cm³/mol. The number of carbonyl (C=O) groups excluding carboxylic acids is 1. The molecule has 5 rings (SSSR count). The van der Waals surface area contributed by atoms with Gasteiger partial charge in [0, 0.05) is 29.3 Å². The number of benzene rings is 3. The topological polar surface area (TPSA) is 76.5 Å². The lowest BCUT2D eigenvalue weighted by Gasteiger charge is -2.20. The number of carbonyl (C=O) groups is 1. The number of anilines is 2. The number of rotatable bonds is 3. The van der Waals surface area contributed by atoms with Crippen LogP contribution in [0.1, 0.15) is 22.9 Å². The molecule has 2 N–H and O–H groups in total. The van der Waals surface area contributed by atoms with Gasteiger partial charge in [0.2, 0.25) is 0 Å². The monoisotopic (exact) mass is 441 g/mol. The second kappa shape index (κ2) is 7.98. The normalized spacial score (nSPS) is 15.8. The van der Waals surface area contributed by atoms with Crippen molar-refractivity contribution in [2.75, 3.05) is 17.7 Å². The zero-order valence-corrected chi connectivity index (χ0v) is 18.1. The SMILES string of the molecule is CN1C(=O)C(c2cc(N)n(-c3ccccc3)n2)N=C(c2ccccc2)c2cc(Cl)ccc21. The Balaban J connectivity index is 1.70. The molecule has 1 aliphatic rings. The predicted octanol–water partition coefficient (Wildman–Crippen LogP) is 4.66. The highest BCUT2D eigenvalue weighted by atomic mass is 35.5. The van der Waals surface area contributed by atoms with Gasteiger partial charge < -0.3 is 10.6 Å². The van der Waals surface area contributed by atoms with E-state index in [2.05, 4.69) is 5.10 Å². The number of likely N-dealkylation sites (N-methyl/N-ethyl adjacent to an activating group) is 1. The van der Waals surface area contributed by atoms with E-state index in [0.717, 1.165) is 22.5 Å². The zero-order valence-electron chi connectivity index (χ0n) is 17.3. The molecule has 158 valence electrons. The minimum absolute atomic E-state index is 0.197. The lowest BCUT2D eigenvalue weighted by Crippen LogP contribution is -2.30. The summed E-state index contributed by atoms with van der Waals surface area (Å²) in [5.74, 6) is 0.236. The maximum Gasteiger partial charge on any atom is 0.257 e. The number of amides is 1. The summed E-state index contributed by atoms with van der Waals surface area (Å²) in [5, 5.41) is 5.22. The van der Waals surface area contributed by atoms with Crippen molar-refractivity contribution in [1.82, 2.24) is 9.78 Å². The Hall–Kier alpha value is -3.90. The molecule has 1 unspecified atom stereocenters. The van der Waals surface area contributed by atoms with Crippen LogP contribution in [0.3, 0.4) is 0 Å². The Bertz CT molecular complexity index is 1330. The van der Waals surface area contributed by atoms with Crippen molar-refractivity contribution in [2.45, 2.75) is 6.04 Å². The number of nitrogen functional groups attached to an aromatic ring is 1. The third-order valence-electron chi connectivity index (χ3n) is 5.48. The number of hydrogen-bond donors (Lipinski definition) is 1. The fourth-order valence-electron chi connectivity index (χ4n) is 3.89. The van der Waals surface area contributed by atoms with E-state index in [1.165, 1.54) is 0 Å². The lowest BCUT2D eigenvalue weighted by molar-refractivity contribution is -0.119. The van der Waals surface area contributed by atoms with Crippen molar-refractivity contribution in [3.63, 3.8) is 0 Å². The highest BCUT2D eigenvalue weighted by molar-refractivity contribution is 6.32. The fraction of sp³-hybridized carbons (Fsp3) is 0.0800. The van der Waals surface area contributed by atoms with Crippen molar-refractivity contribution in [1.29, 1.82) is 0 Å². The molecule has 4 aromatic rings. The molecule has 3 aromatic carbocycles. The number of benzodiazepines with no additional fused rings is 1. The average molecular weight is 442 g/mol. The van der Waals surface area contributed by atoms with E-state index in [9.17, 15) is 4.79 Å². The van der Waals surface area contributed by atoms with Gasteiger partial charge in [0.25, 0.3) is 5.91 Å². The summed E-state index contributed by atoms with van der Waals surface area (Å²) in [6.07, 6.45) is 0. The summed E-state index contributed by atoms with van der Waals surface area (Å²) in [6, 6.07) is 25.6. The molecule has 32 heavy (non-hydrogen) atoms. The Labute approximate surface area is 190 Å². The summed E-state index contributed by atoms with van der Waals surface area (Å²) in [7, 11) is 1.74. The first-order chi connectivity index (χ1) is 15.5. The van der Waals surface area contributed by atoms with E-state index in [1.54, 1.807) is 28.8 Å². The summed E-state index contributed by atoms with van der Waals surface area (Å²) in [4.78, 5) is 20.0. The van der Waals surface area contributed by atoms with Crippen molar-refractivity contribution in [2.24, 2.45) is 4.99 Å². The van der Waals surface area contributed by atoms with Crippen LogP contribution in [0, 0.1) is 0 Å².